The molecule has 2 aromatic rings. The fourth-order valence-corrected chi connectivity index (χ4v) is 5.17. The number of nitrogens with one attached hydrogen (secondary N) is 1. The molecule has 0 aliphatic carbocycles. The molecule has 0 amide bonds. The zero-order valence-corrected chi connectivity index (χ0v) is 15.6. The van der Waals surface area contributed by atoms with Gasteiger partial charge in [0.05, 0.1) is 9.23 Å². The highest BCUT2D eigenvalue weighted by Crippen LogP contribution is 2.26. The van der Waals surface area contributed by atoms with Gasteiger partial charge in [-0.1, -0.05) is 27.5 Å². The first-order chi connectivity index (χ1) is 9.38. The number of hydrogen-bond donors (Lipinski definition) is 1. The summed E-state index contributed by atoms with van der Waals surface area (Å²) in [5.41, 5.74) is 0. The number of halogens is 3. The Hall–Kier alpha value is 0.0800. The molecule has 0 fully saturated rings. The van der Waals surface area contributed by atoms with Crippen molar-refractivity contribution < 1.29 is 8.42 Å². The molecule has 0 aliphatic rings. The minimum atomic E-state index is -3.53. The second kappa shape index (κ2) is 6.89. The van der Waals surface area contributed by atoms with Gasteiger partial charge in [-0.25, -0.2) is 13.1 Å². The van der Waals surface area contributed by atoms with Gasteiger partial charge in [-0.2, -0.15) is 0 Å². The molecular weight excluding hydrogens is 450 g/mol. The van der Waals surface area contributed by atoms with Gasteiger partial charge in [-0.3, -0.25) is 0 Å². The Morgan fingerprint density at radius 3 is 2.60 bits per heavy atom. The van der Waals surface area contributed by atoms with Gasteiger partial charge in [0, 0.05) is 20.4 Å². The lowest BCUT2D eigenvalue weighted by Crippen LogP contribution is -2.26. The number of sulfonamides is 1. The molecule has 108 valence electrons. The standard InChI is InChI=1S/C12H10Br2ClNO2S2/c13-8-1-3-10(14)11(7-8)20(17,18)16-6-5-9-2-4-12(15)19-9/h1-4,7,16H,5-6H2. The van der Waals surface area contributed by atoms with Crippen LogP contribution in [0.1, 0.15) is 4.88 Å². The third-order valence-corrected chi connectivity index (χ3v) is 6.71. The van der Waals surface area contributed by atoms with E-state index in [9.17, 15) is 8.42 Å². The highest BCUT2D eigenvalue weighted by Gasteiger charge is 2.17. The first-order valence-electron chi connectivity index (χ1n) is 5.57. The summed E-state index contributed by atoms with van der Waals surface area (Å²) in [6.07, 6.45) is 0.613. The summed E-state index contributed by atoms with van der Waals surface area (Å²) in [6.45, 7) is 0.331. The first kappa shape index (κ1) is 16.5. The Morgan fingerprint density at radius 1 is 1.20 bits per heavy atom. The van der Waals surface area contributed by atoms with E-state index in [0.29, 0.717) is 26.2 Å². The van der Waals surface area contributed by atoms with Crippen LogP contribution in [0.2, 0.25) is 4.34 Å². The van der Waals surface area contributed by atoms with Gasteiger partial charge in [-0.05, 0) is 52.7 Å². The molecule has 0 aliphatic heterocycles. The molecule has 0 saturated heterocycles. The quantitative estimate of drug-likeness (QED) is 0.718. The molecule has 0 unspecified atom stereocenters. The van der Waals surface area contributed by atoms with Crippen molar-refractivity contribution >= 4 is 64.8 Å². The van der Waals surface area contributed by atoms with Crippen LogP contribution in [0, 0.1) is 0 Å². The monoisotopic (exact) mass is 457 g/mol. The molecular formula is C12H10Br2ClNO2S2. The van der Waals surface area contributed by atoms with Crippen molar-refractivity contribution in [1.82, 2.24) is 4.72 Å². The molecule has 1 aromatic carbocycles. The van der Waals surface area contributed by atoms with Crippen LogP contribution in [0.4, 0.5) is 0 Å². The molecule has 0 atom stereocenters. The van der Waals surface area contributed by atoms with E-state index in [1.54, 1.807) is 24.3 Å². The maximum Gasteiger partial charge on any atom is 0.241 e. The van der Waals surface area contributed by atoms with Gasteiger partial charge in [0.15, 0.2) is 0 Å². The molecule has 8 heteroatoms. The molecule has 1 aromatic heterocycles. The average molecular weight is 460 g/mol. The zero-order valence-electron chi connectivity index (χ0n) is 10.1. The number of rotatable bonds is 5. The van der Waals surface area contributed by atoms with Crippen LogP contribution in [0.5, 0.6) is 0 Å². The van der Waals surface area contributed by atoms with E-state index in [1.807, 2.05) is 6.07 Å². The van der Waals surface area contributed by atoms with Gasteiger partial charge in [0.25, 0.3) is 0 Å². The second-order valence-electron chi connectivity index (χ2n) is 3.93. The molecule has 0 bridgehead atoms. The number of thiophene rings is 1. The van der Waals surface area contributed by atoms with Crippen LogP contribution in [0.25, 0.3) is 0 Å². The molecule has 0 saturated carbocycles. The maximum absolute atomic E-state index is 12.2. The maximum atomic E-state index is 12.2. The lowest BCUT2D eigenvalue weighted by atomic mass is 10.3. The van der Waals surface area contributed by atoms with Crippen molar-refractivity contribution in [3.63, 3.8) is 0 Å². The lowest BCUT2D eigenvalue weighted by molar-refractivity contribution is 0.581. The van der Waals surface area contributed by atoms with Crippen molar-refractivity contribution in [3.8, 4) is 0 Å². The Kier molecular flexibility index (Phi) is 5.67. The highest BCUT2D eigenvalue weighted by molar-refractivity contribution is 9.11. The summed E-state index contributed by atoms with van der Waals surface area (Å²) < 4.78 is 29.0. The molecule has 1 N–H and O–H groups in total. The predicted octanol–water partition coefficient (Wildman–Crippen LogP) is 4.45. The Balaban J connectivity index is 2.06. The third kappa shape index (κ3) is 4.29. The van der Waals surface area contributed by atoms with Crippen LogP contribution in [0.3, 0.4) is 0 Å². The third-order valence-electron chi connectivity index (χ3n) is 2.48. The van der Waals surface area contributed by atoms with Crippen LogP contribution in [-0.4, -0.2) is 15.0 Å². The molecule has 1 heterocycles. The summed E-state index contributed by atoms with van der Waals surface area (Å²) in [7, 11) is -3.53. The molecule has 0 spiro atoms. The molecule has 0 radical (unpaired) electrons. The summed E-state index contributed by atoms with van der Waals surface area (Å²) in [5.74, 6) is 0. The van der Waals surface area contributed by atoms with Crippen LogP contribution < -0.4 is 4.72 Å². The van der Waals surface area contributed by atoms with Crippen molar-refractivity contribution in [3.05, 3.63) is 48.5 Å². The van der Waals surface area contributed by atoms with E-state index in [2.05, 4.69) is 36.6 Å². The van der Waals surface area contributed by atoms with Crippen molar-refractivity contribution in [2.45, 2.75) is 11.3 Å². The number of benzene rings is 1. The van der Waals surface area contributed by atoms with E-state index in [0.717, 1.165) is 4.88 Å². The summed E-state index contributed by atoms with van der Waals surface area (Å²) in [5, 5.41) is 0. The molecule has 20 heavy (non-hydrogen) atoms. The van der Waals surface area contributed by atoms with Crippen molar-refractivity contribution in [1.29, 1.82) is 0 Å². The Labute approximate surface area is 143 Å². The minimum absolute atomic E-state index is 0.219. The highest BCUT2D eigenvalue weighted by atomic mass is 79.9. The fourth-order valence-electron chi connectivity index (χ4n) is 1.56. The average Bonchev–Trinajstić information content (AvgIpc) is 2.78. The van der Waals surface area contributed by atoms with E-state index in [1.165, 1.54) is 11.3 Å². The van der Waals surface area contributed by atoms with Crippen molar-refractivity contribution in [2.75, 3.05) is 6.54 Å². The van der Waals surface area contributed by atoms with Gasteiger partial charge >= 0.3 is 0 Å². The summed E-state index contributed by atoms with van der Waals surface area (Å²) >= 11 is 13.8. The molecule has 2 rings (SSSR count). The van der Waals surface area contributed by atoms with Crippen LogP contribution in [0.15, 0.2) is 44.2 Å². The second-order valence-corrected chi connectivity index (χ2v) is 9.23. The van der Waals surface area contributed by atoms with E-state index in [4.69, 9.17) is 11.6 Å². The largest absolute Gasteiger partial charge is 0.241 e. The summed E-state index contributed by atoms with van der Waals surface area (Å²) in [4.78, 5) is 1.27. The smallest absolute Gasteiger partial charge is 0.211 e. The van der Waals surface area contributed by atoms with E-state index in [-0.39, 0.29) is 4.90 Å². The minimum Gasteiger partial charge on any atom is -0.211 e. The van der Waals surface area contributed by atoms with Gasteiger partial charge < -0.3 is 0 Å². The predicted molar refractivity (Wildman–Crippen MR) is 90.1 cm³/mol. The Morgan fingerprint density at radius 2 is 1.95 bits per heavy atom. The number of hydrogen-bond acceptors (Lipinski definition) is 3. The topological polar surface area (TPSA) is 46.2 Å². The lowest BCUT2D eigenvalue weighted by Gasteiger charge is -2.08. The Bertz CT molecular complexity index is 716. The summed E-state index contributed by atoms with van der Waals surface area (Å²) in [6, 6.07) is 8.74. The van der Waals surface area contributed by atoms with E-state index < -0.39 is 10.0 Å². The SMILES string of the molecule is O=S(=O)(NCCc1ccc(Cl)s1)c1cc(Br)ccc1Br. The van der Waals surface area contributed by atoms with Gasteiger partial charge in [0.2, 0.25) is 10.0 Å². The van der Waals surface area contributed by atoms with Gasteiger partial charge in [0.1, 0.15) is 0 Å². The van der Waals surface area contributed by atoms with Crippen LogP contribution >= 0.6 is 54.8 Å². The van der Waals surface area contributed by atoms with Gasteiger partial charge in [-0.15, -0.1) is 11.3 Å². The van der Waals surface area contributed by atoms with E-state index >= 15 is 0 Å². The molecule has 3 nitrogen and oxygen atoms in total. The van der Waals surface area contributed by atoms with Crippen molar-refractivity contribution in [2.24, 2.45) is 0 Å². The normalized spacial score (nSPS) is 11.8. The first-order valence-corrected chi connectivity index (χ1v) is 9.84. The fraction of sp³-hybridized carbons (Fsp3) is 0.167. The van der Waals surface area contributed by atoms with Crippen LogP contribution in [-0.2, 0) is 16.4 Å². The zero-order chi connectivity index (χ0) is 14.8.